The van der Waals surface area contributed by atoms with Crippen molar-refractivity contribution in [1.29, 1.82) is 0 Å². The number of amides is 1. The Morgan fingerprint density at radius 2 is 1.62 bits per heavy atom. The molecule has 0 aliphatic carbocycles. The zero-order chi connectivity index (χ0) is 20.0. The van der Waals surface area contributed by atoms with Gasteiger partial charge in [0.15, 0.2) is 6.04 Å². The van der Waals surface area contributed by atoms with E-state index in [-0.39, 0.29) is 6.61 Å². The predicted octanol–water partition coefficient (Wildman–Crippen LogP) is 2.20. The molecule has 0 saturated carbocycles. The van der Waals surface area contributed by atoms with Crippen molar-refractivity contribution in [3.8, 4) is 0 Å². The van der Waals surface area contributed by atoms with Crippen molar-refractivity contribution in [1.82, 2.24) is 5.32 Å². The lowest BCUT2D eigenvalue weighted by Gasteiger charge is -2.28. The average Bonchev–Trinajstić information content (AvgIpc) is 2.49. The molecule has 0 aliphatic heterocycles. The molecule has 3 N–H and O–H groups in total. The van der Waals surface area contributed by atoms with Crippen LogP contribution in [0.15, 0.2) is 30.3 Å². The maximum absolute atomic E-state index is 12.5. The Labute approximate surface area is 156 Å². The largest absolute Gasteiger partial charge is 0.458 e. The van der Waals surface area contributed by atoms with Gasteiger partial charge in [-0.15, -0.1) is 0 Å². The third-order valence-corrected chi connectivity index (χ3v) is 3.33. The van der Waals surface area contributed by atoms with Crippen molar-refractivity contribution in [2.24, 2.45) is 5.73 Å². The molecule has 146 valence electrons. The first kappa shape index (κ1) is 22.1. The fraction of sp³-hybridized carbons (Fsp3) is 0.600. The van der Waals surface area contributed by atoms with Gasteiger partial charge in [-0.3, -0.25) is 4.79 Å². The number of benzene rings is 1. The average molecular weight is 364 g/mol. The minimum absolute atomic E-state index is 0.0161. The number of nitrogens with two attached hydrogens (primary N) is 1. The highest BCUT2D eigenvalue weighted by Gasteiger charge is 2.30. The first-order valence-corrected chi connectivity index (χ1v) is 8.84. The fourth-order valence-corrected chi connectivity index (χ4v) is 2.11. The lowest BCUT2D eigenvalue weighted by Crippen LogP contribution is -2.53. The van der Waals surface area contributed by atoms with Crippen LogP contribution in [-0.2, 0) is 25.5 Å². The van der Waals surface area contributed by atoms with Gasteiger partial charge >= 0.3 is 5.97 Å². The quantitative estimate of drug-likeness (QED) is 0.724. The van der Waals surface area contributed by atoms with Crippen LogP contribution in [0.1, 0.15) is 47.1 Å². The van der Waals surface area contributed by atoms with Crippen LogP contribution in [0.25, 0.3) is 0 Å². The molecule has 6 nitrogen and oxygen atoms in total. The van der Waals surface area contributed by atoms with Gasteiger partial charge in [-0.25, -0.2) is 4.79 Å². The fourth-order valence-electron chi connectivity index (χ4n) is 2.11. The highest BCUT2D eigenvalue weighted by Crippen LogP contribution is 2.12. The maximum Gasteiger partial charge on any atom is 0.331 e. The number of esters is 1. The van der Waals surface area contributed by atoms with Crippen LogP contribution in [0, 0.1) is 0 Å². The number of hydrogen-bond donors (Lipinski definition) is 2. The van der Waals surface area contributed by atoms with E-state index in [0.29, 0.717) is 6.42 Å². The topological polar surface area (TPSA) is 90.6 Å². The van der Waals surface area contributed by atoms with Crippen LogP contribution in [-0.4, -0.2) is 41.8 Å². The molecule has 0 aromatic heterocycles. The second kappa shape index (κ2) is 9.14. The van der Waals surface area contributed by atoms with Crippen molar-refractivity contribution in [3.63, 3.8) is 0 Å². The van der Waals surface area contributed by atoms with Gasteiger partial charge in [0.25, 0.3) is 0 Å². The van der Waals surface area contributed by atoms with Crippen LogP contribution < -0.4 is 11.1 Å². The van der Waals surface area contributed by atoms with Gasteiger partial charge in [-0.1, -0.05) is 30.3 Å². The highest BCUT2D eigenvalue weighted by molar-refractivity contribution is 5.87. The molecule has 0 aliphatic rings. The van der Waals surface area contributed by atoms with E-state index in [2.05, 4.69) is 5.32 Å². The highest BCUT2D eigenvalue weighted by atomic mass is 16.6. The van der Waals surface area contributed by atoms with Gasteiger partial charge in [0, 0.05) is 0 Å². The summed E-state index contributed by atoms with van der Waals surface area (Å²) >= 11 is 0. The molecule has 26 heavy (non-hydrogen) atoms. The maximum atomic E-state index is 12.5. The minimum Gasteiger partial charge on any atom is -0.458 e. The normalized spacial score (nSPS) is 14.4. The van der Waals surface area contributed by atoms with Gasteiger partial charge < -0.3 is 20.5 Å². The van der Waals surface area contributed by atoms with Crippen LogP contribution in [0.5, 0.6) is 0 Å². The van der Waals surface area contributed by atoms with E-state index in [4.69, 9.17) is 15.2 Å². The molecule has 6 heteroatoms. The Morgan fingerprint density at radius 1 is 1.04 bits per heavy atom. The lowest BCUT2D eigenvalue weighted by molar-refractivity contribution is -0.162. The van der Waals surface area contributed by atoms with Gasteiger partial charge in [-0.05, 0) is 53.5 Å². The number of carbonyl (C=O) groups is 2. The first-order chi connectivity index (χ1) is 11.9. The standard InChI is InChI=1S/C20H32N2O4/c1-19(2,3)25-13-16(18(24)26-20(4,5)6)22-17(23)15(21)12-14-10-8-7-9-11-14/h7-11,15-16H,12-13,21H2,1-6H3,(H,22,23)/t15-,16+/m1/s1. The van der Waals surface area contributed by atoms with Crippen molar-refractivity contribution in [3.05, 3.63) is 35.9 Å². The summed E-state index contributed by atoms with van der Waals surface area (Å²) in [6.07, 6.45) is 0.383. The van der Waals surface area contributed by atoms with Crippen molar-refractivity contribution < 1.29 is 19.1 Å². The van der Waals surface area contributed by atoms with Crippen LogP contribution in [0.2, 0.25) is 0 Å². The van der Waals surface area contributed by atoms with Crippen LogP contribution >= 0.6 is 0 Å². The van der Waals surface area contributed by atoms with E-state index >= 15 is 0 Å². The Morgan fingerprint density at radius 3 is 2.12 bits per heavy atom. The molecule has 0 saturated heterocycles. The third kappa shape index (κ3) is 8.97. The molecule has 1 rings (SSSR count). The van der Waals surface area contributed by atoms with E-state index in [0.717, 1.165) is 5.56 Å². The van der Waals surface area contributed by atoms with Gasteiger partial charge in [0.1, 0.15) is 5.60 Å². The number of rotatable bonds is 7. The molecule has 0 radical (unpaired) electrons. The summed E-state index contributed by atoms with van der Waals surface area (Å²) < 4.78 is 11.1. The van der Waals surface area contributed by atoms with Gasteiger partial charge in [0.2, 0.25) is 5.91 Å². The zero-order valence-corrected chi connectivity index (χ0v) is 16.7. The number of nitrogens with one attached hydrogen (secondary N) is 1. The van der Waals surface area contributed by atoms with Crippen molar-refractivity contribution in [2.75, 3.05) is 6.61 Å². The third-order valence-electron chi connectivity index (χ3n) is 3.33. The first-order valence-electron chi connectivity index (χ1n) is 8.84. The monoisotopic (exact) mass is 364 g/mol. The van der Waals surface area contributed by atoms with Crippen LogP contribution in [0.3, 0.4) is 0 Å². The van der Waals surface area contributed by atoms with E-state index in [1.165, 1.54) is 0 Å². The minimum atomic E-state index is -0.914. The number of hydrogen-bond acceptors (Lipinski definition) is 5. The second-order valence-corrected chi connectivity index (χ2v) is 8.31. The molecule has 0 fully saturated rings. The van der Waals surface area contributed by atoms with E-state index in [9.17, 15) is 9.59 Å². The summed E-state index contributed by atoms with van der Waals surface area (Å²) in [4.78, 5) is 24.9. The lowest BCUT2D eigenvalue weighted by atomic mass is 10.1. The number of carbonyl (C=O) groups excluding carboxylic acids is 2. The molecule has 2 atom stereocenters. The van der Waals surface area contributed by atoms with Gasteiger partial charge in [0.05, 0.1) is 18.2 Å². The molecule has 0 spiro atoms. The van der Waals surface area contributed by atoms with Crippen molar-refractivity contribution in [2.45, 2.75) is 71.2 Å². The zero-order valence-electron chi connectivity index (χ0n) is 16.7. The van der Waals surface area contributed by atoms with Crippen LogP contribution in [0.4, 0.5) is 0 Å². The summed E-state index contributed by atoms with van der Waals surface area (Å²) in [6.45, 7) is 11.0. The Hall–Kier alpha value is -1.92. The molecule has 0 heterocycles. The van der Waals surface area contributed by atoms with E-state index < -0.39 is 35.2 Å². The second-order valence-electron chi connectivity index (χ2n) is 8.31. The molecule has 0 unspecified atom stereocenters. The SMILES string of the molecule is CC(C)(C)OC[C@H](NC(=O)[C@H](N)Cc1ccccc1)C(=O)OC(C)(C)C. The van der Waals surface area contributed by atoms with Gasteiger partial charge in [-0.2, -0.15) is 0 Å². The Balaban J connectivity index is 2.75. The summed E-state index contributed by atoms with van der Waals surface area (Å²) in [5.74, 6) is -0.954. The Bertz CT molecular complexity index is 588. The van der Waals surface area contributed by atoms with Crippen molar-refractivity contribution >= 4 is 11.9 Å². The molecule has 1 amide bonds. The number of ether oxygens (including phenoxy) is 2. The summed E-state index contributed by atoms with van der Waals surface area (Å²) in [5.41, 5.74) is 5.85. The smallest absolute Gasteiger partial charge is 0.331 e. The summed E-state index contributed by atoms with van der Waals surface area (Å²) in [7, 11) is 0. The molecular weight excluding hydrogens is 332 g/mol. The predicted molar refractivity (Wildman–Crippen MR) is 102 cm³/mol. The Kier molecular flexibility index (Phi) is 7.78. The molecule has 1 aromatic rings. The van der Waals surface area contributed by atoms with E-state index in [1.54, 1.807) is 20.8 Å². The molecule has 1 aromatic carbocycles. The molecular formula is C20H32N2O4. The summed E-state index contributed by atoms with van der Waals surface area (Å²) in [6, 6.07) is 7.81. The summed E-state index contributed by atoms with van der Waals surface area (Å²) in [5, 5.41) is 2.67. The van der Waals surface area contributed by atoms with E-state index in [1.807, 2.05) is 51.1 Å². The molecule has 0 bridgehead atoms.